The third-order valence-electron chi connectivity index (χ3n) is 3.08. The molecule has 1 aromatic heterocycles. The molecular formula is C18H13ClN2O2. The number of nitrogens with one attached hydrogen (secondary N) is 1. The van der Waals surface area contributed by atoms with Gasteiger partial charge in [0.05, 0.1) is 10.7 Å². The van der Waals surface area contributed by atoms with Crippen molar-refractivity contribution in [2.45, 2.75) is 0 Å². The molecule has 1 heterocycles. The fourth-order valence-corrected chi connectivity index (χ4v) is 2.17. The Morgan fingerprint density at radius 2 is 1.83 bits per heavy atom. The SMILES string of the molecule is O=C(Nc1ccccc1Cl)c1cccc(Oc2ccccn2)c1. The second-order valence-corrected chi connectivity index (χ2v) is 5.14. The summed E-state index contributed by atoms with van der Waals surface area (Å²) in [7, 11) is 0. The zero-order valence-electron chi connectivity index (χ0n) is 12.1. The smallest absolute Gasteiger partial charge is 0.255 e. The predicted molar refractivity (Wildman–Crippen MR) is 90.2 cm³/mol. The van der Waals surface area contributed by atoms with Crippen molar-refractivity contribution in [2.75, 3.05) is 5.32 Å². The van der Waals surface area contributed by atoms with E-state index < -0.39 is 0 Å². The molecule has 0 unspecified atom stereocenters. The van der Waals surface area contributed by atoms with Gasteiger partial charge in [0.25, 0.3) is 5.91 Å². The van der Waals surface area contributed by atoms with Gasteiger partial charge in [-0.2, -0.15) is 0 Å². The Kier molecular flexibility index (Phi) is 4.54. The van der Waals surface area contributed by atoms with Gasteiger partial charge in [0.1, 0.15) is 5.75 Å². The van der Waals surface area contributed by atoms with E-state index in [1.165, 1.54) is 0 Å². The molecule has 0 aliphatic carbocycles. The zero-order chi connectivity index (χ0) is 16.1. The third-order valence-corrected chi connectivity index (χ3v) is 3.41. The van der Waals surface area contributed by atoms with E-state index in [1.807, 2.05) is 12.1 Å². The first kappa shape index (κ1) is 15.1. The van der Waals surface area contributed by atoms with Gasteiger partial charge in [0, 0.05) is 17.8 Å². The summed E-state index contributed by atoms with van der Waals surface area (Å²) in [5.41, 5.74) is 1.04. The number of nitrogens with zero attached hydrogens (tertiary/aromatic N) is 1. The maximum absolute atomic E-state index is 12.3. The minimum Gasteiger partial charge on any atom is -0.439 e. The van der Waals surface area contributed by atoms with Crippen LogP contribution < -0.4 is 10.1 Å². The van der Waals surface area contributed by atoms with Crippen LogP contribution in [0.25, 0.3) is 0 Å². The minimum absolute atomic E-state index is 0.260. The average molecular weight is 325 g/mol. The Hall–Kier alpha value is -2.85. The summed E-state index contributed by atoms with van der Waals surface area (Å²) in [6.45, 7) is 0. The number of amides is 1. The van der Waals surface area contributed by atoms with E-state index in [0.717, 1.165) is 0 Å². The first-order valence-corrected chi connectivity index (χ1v) is 7.35. The van der Waals surface area contributed by atoms with Crippen LogP contribution in [0.15, 0.2) is 72.9 Å². The molecule has 3 rings (SSSR count). The van der Waals surface area contributed by atoms with E-state index >= 15 is 0 Å². The lowest BCUT2D eigenvalue weighted by Crippen LogP contribution is -2.12. The summed E-state index contributed by atoms with van der Waals surface area (Å²) in [6.07, 6.45) is 1.64. The number of anilines is 1. The molecule has 0 atom stereocenters. The number of hydrogen-bond acceptors (Lipinski definition) is 3. The van der Waals surface area contributed by atoms with Gasteiger partial charge in [-0.15, -0.1) is 0 Å². The molecule has 23 heavy (non-hydrogen) atoms. The van der Waals surface area contributed by atoms with Gasteiger partial charge in [-0.05, 0) is 36.4 Å². The molecule has 0 spiro atoms. The predicted octanol–water partition coefficient (Wildman–Crippen LogP) is 4.78. The molecule has 0 saturated heterocycles. The Balaban J connectivity index is 1.77. The van der Waals surface area contributed by atoms with Crippen molar-refractivity contribution in [2.24, 2.45) is 0 Å². The van der Waals surface area contributed by atoms with E-state index in [9.17, 15) is 4.79 Å². The van der Waals surface area contributed by atoms with Crippen LogP contribution >= 0.6 is 11.6 Å². The van der Waals surface area contributed by atoms with Gasteiger partial charge in [-0.1, -0.05) is 35.9 Å². The first-order valence-electron chi connectivity index (χ1n) is 6.97. The number of hydrogen-bond donors (Lipinski definition) is 1. The number of rotatable bonds is 4. The monoisotopic (exact) mass is 324 g/mol. The van der Waals surface area contributed by atoms with Gasteiger partial charge in [-0.3, -0.25) is 4.79 Å². The first-order chi connectivity index (χ1) is 11.2. The van der Waals surface area contributed by atoms with Crippen LogP contribution in [0.5, 0.6) is 11.6 Å². The van der Waals surface area contributed by atoms with E-state index in [4.69, 9.17) is 16.3 Å². The fraction of sp³-hybridized carbons (Fsp3) is 0. The summed E-state index contributed by atoms with van der Waals surface area (Å²) >= 11 is 6.05. The molecule has 0 radical (unpaired) electrons. The summed E-state index contributed by atoms with van der Waals surface area (Å²) in [6, 6.07) is 19.3. The van der Waals surface area contributed by atoms with Crippen molar-refractivity contribution in [1.29, 1.82) is 0 Å². The van der Waals surface area contributed by atoms with Gasteiger partial charge in [0.15, 0.2) is 0 Å². The average Bonchev–Trinajstić information content (AvgIpc) is 2.58. The normalized spacial score (nSPS) is 10.1. The Bertz CT molecular complexity index is 822. The number of benzene rings is 2. The fourth-order valence-electron chi connectivity index (χ4n) is 1.99. The molecule has 1 amide bonds. The second kappa shape index (κ2) is 6.94. The molecule has 4 nitrogen and oxygen atoms in total. The molecule has 1 N–H and O–H groups in total. The number of halogens is 1. The zero-order valence-corrected chi connectivity index (χ0v) is 12.8. The van der Waals surface area contributed by atoms with E-state index in [2.05, 4.69) is 10.3 Å². The number of aromatic nitrogens is 1. The summed E-state index contributed by atoms with van der Waals surface area (Å²) < 4.78 is 5.63. The molecule has 0 saturated carbocycles. The second-order valence-electron chi connectivity index (χ2n) is 4.73. The van der Waals surface area contributed by atoms with Crippen molar-refractivity contribution >= 4 is 23.2 Å². The maximum Gasteiger partial charge on any atom is 0.255 e. The standard InChI is InChI=1S/C18H13ClN2O2/c19-15-8-1-2-9-16(15)21-18(22)13-6-5-7-14(12-13)23-17-10-3-4-11-20-17/h1-12H,(H,21,22). The van der Waals surface area contributed by atoms with Crippen LogP contribution in [0.2, 0.25) is 5.02 Å². The van der Waals surface area contributed by atoms with Crippen molar-refractivity contribution in [3.63, 3.8) is 0 Å². The summed E-state index contributed by atoms with van der Waals surface area (Å²) in [4.78, 5) is 16.4. The van der Waals surface area contributed by atoms with Crippen LogP contribution in [0.4, 0.5) is 5.69 Å². The van der Waals surface area contributed by atoms with Crippen molar-refractivity contribution in [3.05, 3.63) is 83.5 Å². The van der Waals surface area contributed by atoms with Gasteiger partial charge in [-0.25, -0.2) is 4.98 Å². The van der Waals surface area contributed by atoms with E-state index in [0.29, 0.717) is 27.9 Å². The quantitative estimate of drug-likeness (QED) is 0.751. The highest BCUT2D eigenvalue weighted by Crippen LogP contribution is 2.23. The minimum atomic E-state index is -0.260. The highest BCUT2D eigenvalue weighted by atomic mass is 35.5. The van der Waals surface area contributed by atoms with Gasteiger partial charge < -0.3 is 10.1 Å². The Labute approximate surface area is 138 Å². The number of carbonyl (C=O) groups is 1. The van der Waals surface area contributed by atoms with Crippen LogP contribution in [-0.4, -0.2) is 10.9 Å². The molecule has 114 valence electrons. The van der Waals surface area contributed by atoms with Crippen molar-refractivity contribution < 1.29 is 9.53 Å². The van der Waals surface area contributed by atoms with E-state index in [1.54, 1.807) is 60.8 Å². The lowest BCUT2D eigenvalue weighted by atomic mass is 10.2. The van der Waals surface area contributed by atoms with Crippen LogP contribution in [0, 0.1) is 0 Å². The van der Waals surface area contributed by atoms with Gasteiger partial charge in [0.2, 0.25) is 5.88 Å². The van der Waals surface area contributed by atoms with Crippen LogP contribution in [-0.2, 0) is 0 Å². The number of carbonyl (C=O) groups excluding carboxylic acids is 1. The molecule has 0 fully saturated rings. The molecular weight excluding hydrogens is 312 g/mol. The molecule has 0 bridgehead atoms. The Morgan fingerprint density at radius 1 is 1.00 bits per heavy atom. The molecule has 2 aromatic carbocycles. The Morgan fingerprint density at radius 3 is 2.61 bits per heavy atom. The number of para-hydroxylation sites is 1. The lowest BCUT2D eigenvalue weighted by Gasteiger charge is -2.09. The van der Waals surface area contributed by atoms with Gasteiger partial charge >= 0.3 is 0 Å². The van der Waals surface area contributed by atoms with Crippen molar-refractivity contribution in [3.8, 4) is 11.6 Å². The molecule has 5 heteroatoms. The molecule has 0 aliphatic rings. The lowest BCUT2D eigenvalue weighted by molar-refractivity contribution is 0.102. The maximum atomic E-state index is 12.3. The van der Waals surface area contributed by atoms with Crippen molar-refractivity contribution in [1.82, 2.24) is 4.98 Å². The molecule has 3 aromatic rings. The third kappa shape index (κ3) is 3.87. The van der Waals surface area contributed by atoms with E-state index in [-0.39, 0.29) is 5.91 Å². The van der Waals surface area contributed by atoms with Crippen LogP contribution in [0.1, 0.15) is 10.4 Å². The molecule has 0 aliphatic heterocycles. The number of ether oxygens (including phenoxy) is 1. The largest absolute Gasteiger partial charge is 0.439 e. The topological polar surface area (TPSA) is 51.2 Å². The number of pyridine rings is 1. The highest BCUT2D eigenvalue weighted by Gasteiger charge is 2.09. The summed E-state index contributed by atoms with van der Waals surface area (Å²) in [5.74, 6) is 0.747. The summed E-state index contributed by atoms with van der Waals surface area (Å²) in [5, 5.41) is 3.26. The van der Waals surface area contributed by atoms with Crippen LogP contribution in [0.3, 0.4) is 0 Å². The highest BCUT2D eigenvalue weighted by molar-refractivity contribution is 6.33.